The van der Waals surface area contributed by atoms with Crippen molar-refractivity contribution in [2.45, 2.75) is 44.6 Å². The van der Waals surface area contributed by atoms with Crippen LogP contribution in [-0.4, -0.2) is 35.2 Å². The fourth-order valence-electron chi connectivity index (χ4n) is 3.91. The Kier molecular flexibility index (Phi) is 5.91. The molecule has 1 aromatic carbocycles. The van der Waals surface area contributed by atoms with Crippen LogP contribution in [0.2, 0.25) is 5.02 Å². The molecule has 1 saturated heterocycles. The first-order chi connectivity index (χ1) is 13.7. The van der Waals surface area contributed by atoms with Gasteiger partial charge in [-0.15, -0.1) is 5.10 Å². The maximum atomic E-state index is 12.2. The van der Waals surface area contributed by atoms with Gasteiger partial charge in [-0.3, -0.25) is 4.79 Å². The maximum absolute atomic E-state index is 12.2. The minimum Gasteiger partial charge on any atom is -0.355 e. The average Bonchev–Trinajstić information content (AvgIpc) is 2.73. The van der Waals surface area contributed by atoms with E-state index in [1.54, 1.807) is 12.2 Å². The number of nitrogens with zero attached hydrogens (tertiary/aromatic N) is 3. The van der Waals surface area contributed by atoms with E-state index < -0.39 is 0 Å². The third kappa shape index (κ3) is 4.53. The monoisotopic (exact) mass is 396 g/mol. The number of carbonyl (C=O) groups is 1. The summed E-state index contributed by atoms with van der Waals surface area (Å²) in [5.41, 5.74) is 3.37. The van der Waals surface area contributed by atoms with Crippen LogP contribution in [0.5, 0.6) is 0 Å². The Morgan fingerprint density at radius 1 is 1.14 bits per heavy atom. The normalized spacial score (nSPS) is 17.5. The lowest BCUT2D eigenvalue weighted by molar-refractivity contribution is -0.117. The highest BCUT2D eigenvalue weighted by Crippen LogP contribution is 2.24. The first kappa shape index (κ1) is 18.9. The molecule has 1 fully saturated rings. The Balaban J connectivity index is 1.29. The van der Waals surface area contributed by atoms with Crippen molar-refractivity contribution < 1.29 is 4.79 Å². The van der Waals surface area contributed by atoms with E-state index in [-0.39, 0.29) is 11.9 Å². The van der Waals surface area contributed by atoms with E-state index in [4.69, 9.17) is 11.6 Å². The summed E-state index contributed by atoms with van der Waals surface area (Å²) in [6.07, 6.45) is 9.76. The van der Waals surface area contributed by atoms with E-state index in [1.165, 1.54) is 24.1 Å². The van der Waals surface area contributed by atoms with Gasteiger partial charge in [-0.1, -0.05) is 29.8 Å². The van der Waals surface area contributed by atoms with Gasteiger partial charge in [0.1, 0.15) is 0 Å². The number of hydrogen-bond acceptors (Lipinski definition) is 4. The lowest BCUT2D eigenvalue weighted by Crippen LogP contribution is -2.44. The maximum Gasteiger partial charge on any atom is 0.244 e. The number of halogens is 1. The highest BCUT2D eigenvalue weighted by molar-refractivity contribution is 6.32. The molecule has 1 N–H and O–H groups in total. The molecule has 0 spiro atoms. The molecule has 0 saturated carbocycles. The van der Waals surface area contributed by atoms with Crippen LogP contribution in [0.4, 0.5) is 5.82 Å². The number of carbonyl (C=O) groups excluding carboxylic acids is 1. The fraction of sp³-hybridized carbons (Fsp3) is 0.409. The van der Waals surface area contributed by atoms with Crippen LogP contribution in [0, 0.1) is 0 Å². The highest BCUT2D eigenvalue weighted by atomic mass is 35.5. The molecule has 2 heterocycles. The molecule has 146 valence electrons. The molecule has 2 aromatic rings. The van der Waals surface area contributed by atoms with Crippen LogP contribution in [0.1, 0.15) is 42.5 Å². The number of anilines is 1. The second-order valence-electron chi connectivity index (χ2n) is 7.51. The molecular weight excluding hydrogens is 372 g/mol. The predicted molar refractivity (Wildman–Crippen MR) is 113 cm³/mol. The van der Waals surface area contributed by atoms with Gasteiger partial charge >= 0.3 is 0 Å². The van der Waals surface area contributed by atoms with Gasteiger partial charge in [-0.25, -0.2) is 0 Å². The molecule has 1 aliphatic carbocycles. The highest BCUT2D eigenvalue weighted by Gasteiger charge is 2.22. The van der Waals surface area contributed by atoms with Crippen LogP contribution in [0.3, 0.4) is 0 Å². The number of rotatable bonds is 4. The van der Waals surface area contributed by atoms with Gasteiger partial charge in [-0.2, -0.15) is 5.10 Å². The fourth-order valence-corrected chi connectivity index (χ4v) is 4.11. The smallest absolute Gasteiger partial charge is 0.244 e. The second kappa shape index (κ2) is 8.74. The lowest BCUT2D eigenvalue weighted by Gasteiger charge is -2.33. The van der Waals surface area contributed by atoms with Gasteiger partial charge < -0.3 is 10.2 Å². The second-order valence-corrected chi connectivity index (χ2v) is 7.91. The van der Waals surface area contributed by atoms with E-state index in [2.05, 4.69) is 26.5 Å². The van der Waals surface area contributed by atoms with Crippen LogP contribution < -0.4 is 10.2 Å². The number of hydrogen-bond donors (Lipinski definition) is 1. The number of aromatic nitrogens is 2. The molecular formula is C22H25ClN4O. The summed E-state index contributed by atoms with van der Waals surface area (Å²) in [7, 11) is 0. The standard InChI is InChI=1S/C22H25ClN4O/c23-19-7-3-1-5-16(19)9-10-22(28)24-18-11-13-27(14-12-18)21-15-17-6-2-4-8-20(17)25-26-21/h1,3,5,7,9-10,15,18H,2,4,6,8,11-14H2,(H,24,28). The molecule has 5 nitrogen and oxygen atoms in total. The number of fused-ring (bicyclic) bond motifs is 1. The average molecular weight is 397 g/mol. The summed E-state index contributed by atoms with van der Waals surface area (Å²) < 4.78 is 0. The Hall–Kier alpha value is -2.40. The molecule has 28 heavy (non-hydrogen) atoms. The molecule has 0 radical (unpaired) electrons. The van der Waals surface area contributed by atoms with Gasteiger partial charge in [-0.05, 0) is 67.9 Å². The van der Waals surface area contributed by atoms with Crippen LogP contribution in [0.15, 0.2) is 36.4 Å². The summed E-state index contributed by atoms with van der Waals surface area (Å²) in [4.78, 5) is 14.5. The summed E-state index contributed by atoms with van der Waals surface area (Å²) in [6.45, 7) is 1.76. The summed E-state index contributed by atoms with van der Waals surface area (Å²) in [5.74, 6) is 0.899. The van der Waals surface area contributed by atoms with Crippen molar-refractivity contribution in [1.29, 1.82) is 0 Å². The van der Waals surface area contributed by atoms with E-state index in [9.17, 15) is 4.79 Å². The Morgan fingerprint density at radius 2 is 1.93 bits per heavy atom. The molecule has 2 aliphatic rings. The number of benzene rings is 1. The third-order valence-corrected chi connectivity index (χ3v) is 5.89. The first-order valence-electron chi connectivity index (χ1n) is 10.0. The zero-order valence-corrected chi connectivity index (χ0v) is 16.7. The largest absolute Gasteiger partial charge is 0.355 e. The third-order valence-electron chi connectivity index (χ3n) is 5.54. The molecule has 4 rings (SSSR count). The van der Waals surface area contributed by atoms with E-state index in [1.807, 2.05) is 24.3 Å². The number of aryl methyl sites for hydroxylation is 2. The predicted octanol–water partition coefficient (Wildman–Crippen LogP) is 3.81. The molecule has 1 amide bonds. The zero-order chi connectivity index (χ0) is 19.3. The Morgan fingerprint density at radius 3 is 2.75 bits per heavy atom. The Labute approximate surface area is 170 Å². The van der Waals surface area contributed by atoms with Gasteiger partial charge in [0.15, 0.2) is 5.82 Å². The van der Waals surface area contributed by atoms with Crippen molar-refractivity contribution in [3.05, 3.63) is 58.3 Å². The van der Waals surface area contributed by atoms with Crippen molar-refractivity contribution in [3.63, 3.8) is 0 Å². The topological polar surface area (TPSA) is 58.1 Å². The zero-order valence-electron chi connectivity index (χ0n) is 15.9. The number of amides is 1. The van der Waals surface area contributed by atoms with Gasteiger partial charge in [0.05, 0.1) is 5.69 Å². The summed E-state index contributed by atoms with van der Waals surface area (Å²) >= 11 is 6.12. The lowest BCUT2D eigenvalue weighted by atomic mass is 9.96. The summed E-state index contributed by atoms with van der Waals surface area (Å²) in [5, 5.41) is 12.6. The van der Waals surface area contributed by atoms with E-state index in [0.717, 1.165) is 50.2 Å². The minimum atomic E-state index is -0.0769. The quantitative estimate of drug-likeness (QED) is 0.798. The molecule has 6 heteroatoms. The molecule has 0 bridgehead atoms. The van der Waals surface area contributed by atoms with Crippen molar-refractivity contribution >= 4 is 29.4 Å². The number of piperidine rings is 1. The van der Waals surface area contributed by atoms with E-state index >= 15 is 0 Å². The SMILES string of the molecule is O=C(C=Cc1ccccc1Cl)NC1CCN(c2cc3c(nn2)CCCC3)CC1. The van der Waals surface area contributed by atoms with Crippen LogP contribution in [0.25, 0.3) is 6.08 Å². The van der Waals surface area contributed by atoms with Crippen LogP contribution in [-0.2, 0) is 17.6 Å². The first-order valence-corrected chi connectivity index (χ1v) is 10.4. The van der Waals surface area contributed by atoms with Gasteiger partial charge in [0.25, 0.3) is 0 Å². The Bertz CT molecular complexity index is 875. The number of nitrogens with one attached hydrogen (secondary N) is 1. The molecule has 1 aromatic heterocycles. The van der Waals surface area contributed by atoms with Crippen LogP contribution >= 0.6 is 11.6 Å². The molecule has 1 aliphatic heterocycles. The van der Waals surface area contributed by atoms with Crippen molar-refractivity contribution in [2.24, 2.45) is 0 Å². The minimum absolute atomic E-state index is 0.0769. The summed E-state index contributed by atoms with van der Waals surface area (Å²) in [6, 6.07) is 9.89. The molecule has 0 unspecified atom stereocenters. The van der Waals surface area contributed by atoms with Gasteiger partial charge in [0, 0.05) is 30.2 Å². The van der Waals surface area contributed by atoms with E-state index in [0.29, 0.717) is 5.02 Å². The molecule has 0 atom stereocenters. The van der Waals surface area contributed by atoms with Crippen molar-refractivity contribution in [2.75, 3.05) is 18.0 Å². The van der Waals surface area contributed by atoms with Crippen molar-refractivity contribution in [1.82, 2.24) is 15.5 Å². The van der Waals surface area contributed by atoms with Crippen molar-refractivity contribution in [3.8, 4) is 0 Å². The van der Waals surface area contributed by atoms with Gasteiger partial charge in [0.2, 0.25) is 5.91 Å².